The summed E-state index contributed by atoms with van der Waals surface area (Å²) >= 11 is 0. The molecule has 2 bridgehead atoms. The highest BCUT2D eigenvalue weighted by molar-refractivity contribution is 5.82. The van der Waals surface area contributed by atoms with Crippen molar-refractivity contribution in [3.63, 3.8) is 0 Å². The van der Waals surface area contributed by atoms with Crippen LogP contribution in [0.4, 0.5) is 0 Å². The summed E-state index contributed by atoms with van der Waals surface area (Å²) in [4.78, 5) is 24.2. The maximum absolute atomic E-state index is 12.7. The molecular weight excluding hydrogens is 278 g/mol. The van der Waals surface area contributed by atoms with Crippen molar-refractivity contribution in [1.82, 2.24) is 5.32 Å². The van der Waals surface area contributed by atoms with Crippen LogP contribution in [-0.4, -0.2) is 23.9 Å². The van der Waals surface area contributed by atoms with Crippen LogP contribution in [-0.2, 0) is 9.59 Å². The van der Waals surface area contributed by atoms with Gasteiger partial charge in [-0.05, 0) is 50.4 Å². The summed E-state index contributed by atoms with van der Waals surface area (Å²) in [6.45, 7) is 0. The van der Waals surface area contributed by atoms with E-state index in [-0.39, 0.29) is 35.7 Å². The second-order valence-electron chi connectivity index (χ2n) is 7.61. The minimum Gasteiger partial charge on any atom is -0.369 e. The van der Waals surface area contributed by atoms with E-state index in [4.69, 9.17) is 11.5 Å². The van der Waals surface area contributed by atoms with E-state index in [1.54, 1.807) is 0 Å². The number of rotatable bonds is 3. The number of hydrogen-bond donors (Lipinski definition) is 3. The van der Waals surface area contributed by atoms with Gasteiger partial charge in [-0.15, -0.1) is 0 Å². The van der Waals surface area contributed by atoms with Crippen molar-refractivity contribution in [3.8, 4) is 0 Å². The largest absolute Gasteiger partial charge is 0.369 e. The van der Waals surface area contributed by atoms with Crippen molar-refractivity contribution >= 4 is 11.8 Å². The van der Waals surface area contributed by atoms with Gasteiger partial charge in [-0.2, -0.15) is 0 Å². The molecular formula is C17H29N3O2. The first-order valence-electron chi connectivity index (χ1n) is 8.91. The zero-order valence-electron chi connectivity index (χ0n) is 13.3. The third-order valence-corrected chi connectivity index (χ3v) is 6.24. The van der Waals surface area contributed by atoms with Crippen molar-refractivity contribution in [2.45, 2.75) is 69.9 Å². The quantitative estimate of drug-likeness (QED) is 0.733. The molecule has 4 unspecified atom stereocenters. The van der Waals surface area contributed by atoms with Crippen LogP contribution in [0.5, 0.6) is 0 Å². The van der Waals surface area contributed by atoms with E-state index in [1.165, 1.54) is 6.42 Å². The van der Waals surface area contributed by atoms with Gasteiger partial charge < -0.3 is 16.8 Å². The van der Waals surface area contributed by atoms with Crippen LogP contribution in [0, 0.1) is 23.7 Å². The Morgan fingerprint density at radius 2 is 1.55 bits per heavy atom. The third-order valence-electron chi connectivity index (χ3n) is 6.24. The molecule has 3 aliphatic carbocycles. The monoisotopic (exact) mass is 307 g/mol. The fraction of sp³-hybridized carbons (Fsp3) is 0.882. The number of fused-ring (bicyclic) bond motifs is 2. The predicted octanol–water partition coefficient (Wildman–Crippen LogP) is 1.30. The van der Waals surface area contributed by atoms with Gasteiger partial charge in [0.1, 0.15) is 0 Å². The van der Waals surface area contributed by atoms with Gasteiger partial charge in [-0.25, -0.2) is 0 Å². The standard InChI is InChI=1S/C17H29N3O2/c18-15-10-4-3-5-11(15)9-12(8-10)17(22)20-14-7-2-1-6-13(14)16(19)21/h10-15H,1-9,18H2,(H2,19,21)(H,20,22). The van der Waals surface area contributed by atoms with Crippen LogP contribution in [0.3, 0.4) is 0 Å². The van der Waals surface area contributed by atoms with E-state index < -0.39 is 0 Å². The molecule has 0 heterocycles. The zero-order chi connectivity index (χ0) is 15.7. The Morgan fingerprint density at radius 1 is 0.909 bits per heavy atom. The van der Waals surface area contributed by atoms with E-state index in [0.29, 0.717) is 11.8 Å². The first-order valence-corrected chi connectivity index (χ1v) is 8.91. The smallest absolute Gasteiger partial charge is 0.223 e. The molecule has 5 heteroatoms. The van der Waals surface area contributed by atoms with Crippen LogP contribution in [0.2, 0.25) is 0 Å². The van der Waals surface area contributed by atoms with Crippen molar-refractivity contribution in [2.24, 2.45) is 35.1 Å². The molecule has 0 aromatic rings. The molecule has 0 radical (unpaired) electrons. The van der Waals surface area contributed by atoms with Gasteiger partial charge in [-0.1, -0.05) is 19.3 Å². The number of nitrogens with one attached hydrogen (secondary N) is 1. The number of hydrogen-bond acceptors (Lipinski definition) is 3. The maximum atomic E-state index is 12.7. The average molecular weight is 307 g/mol. The van der Waals surface area contributed by atoms with Crippen LogP contribution >= 0.6 is 0 Å². The van der Waals surface area contributed by atoms with Gasteiger partial charge in [0.2, 0.25) is 11.8 Å². The molecule has 124 valence electrons. The Labute approximate surface area is 132 Å². The van der Waals surface area contributed by atoms with E-state index in [9.17, 15) is 9.59 Å². The summed E-state index contributed by atoms with van der Waals surface area (Å²) in [7, 11) is 0. The summed E-state index contributed by atoms with van der Waals surface area (Å²) in [6, 6.07) is 0.222. The van der Waals surface area contributed by atoms with E-state index in [0.717, 1.165) is 51.4 Å². The molecule has 22 heavy (non-hydrogen) atoms. The van der Waals surface area contributed by atoms with Gasteiger partial charge in [0.15, 0.2) is 0 Å². The van der Waals surface area contributed by atoms with E-state index in [1.807, 2.05) is 0 Å². The lowest BCUT2D eigenvalue weighted by molar-refractivity contribution is -0.130. The molecule has 0 spiro atoms. The first-order chi connectivity index (χ1) is 10.6. The second kappa shape index (κ2) is 6.57. The van der Waals surface area contributed by atoms with Crippen LogP contribution in [0.1, 0.15) is 57.8 Å². The van der Waals surface area contributed by atoms with Crippen LogP contribution in [0.25, 0.3) is 0 Å². The second-order valence-corrected chi connectivity index (χ2v) is 7.61. The lowest BCUT2D eigenvalue weighted by atomic mass is 9.65. The van der Waals surface area contributed by atoms with Crippen molar-refractivity contribution in [1.29, 1.82) is 0 Å². The predicted molar refractivity (Wildman–Crippen MR) is 84.6 cm³/mol. The molecule has 3 fully saturated rings. The lowest BCUT2D eigenvalue weighted by Gasteiger charge is -2.44. The fourth-order valence-electron chi connectivity index (χ4n) is 4.95. The number of carbonyl (C=O) groups excluding carboxylic acids is 2. The maximum Gasteiger partial charge on any atom is 0.223 e. The lowest BCUT2D eigenvalue weighted by Crippen LogP contribution is -2.52. The van der Waals surface area contributed by atoms with Crippen LogP contribution < -0.4 is 16.8 Å². The molecule has 3 aliphatic rings. The van der Waals surface area contributed by atoms with E-state index in [2.05, 4.69) is 5.32 Å². The SMILES string of the molecule is NC(=O)C1CCCCC1NC(=O)C1CC2CCCC(C1)C2N. The third kappa shape index (κ3) is 3.14. The number of amides is 2. The Balaban J connectivity index is 1.60. The Morgan fingerprint density at radius 3 is 2.18 bits per heavy atom. The summed E-state index contributed by atoms with van der Waals surface area (Å²) in [5, 5.41) is 3.14. The van der Waals surface area contributed by atoms with E-state index >= 15 is 0 Å². The molecule has 0 aromatic heterocycles. The molecule has 5 nitrogen and oxygen atoms in total. The molecule has 0 saturated heterocycles. The molecule has 3 rings (SSSR count). The molecule has 0 aromatic carbocycles. The number of nitrogens with two attached hydrogens (primary N) is 2. The van der Waals surface area contributed by atoms with Gasteiger partial charge in [0, 0.05) is 18.0 Å². The van der Waals surface area contributed by atoms with Gasteiger partial charge >= 0.3 is 0 Å². The number of carbonyl (C=O) groups is 2. The molecule has 5 N–H and O–H groups in total. The molecule has 0 aliphatic heterocycles. The summed E-state index contributed by atoms with van der Waals surface area (Å²) < 4.78 is 0. The molecule has 2 amide bonds. The molecule has 3 saturated carbocycles. The number of primary amides is 1. The molecule has 4 atom stereocenters. The Kier molecular flexibility index (Phi) is 4.71. The van der Waals surface area contributed by atoms with Crippen molar-refractivity contribution in [3.05, 3.63) is 0 Å². The highest BCUT2D eigenvalue weighted by Gasteiger charge is 2.41. The summed E-state index contributed by atoms with van der Waals surface area (Å²) in [6.07, 6.45) is 9.18. The normalized spacial score (nSPS) is 41.7. The average Bonchev–Trinajstić information content (AvgIpc) is 2.47. The van der Waals surface area contributed by atoms with Crippen molar-refractivity contribution < 1.29 is 9.59 Å². The summed E-state index contributed by atoms with van der Waals surface area (Å²) in [5.74, 6) is 0.742. The highest BCUT2D eigenvalue weighted by atomic mass is 16.2. The minimum atomic E-state index is -0.271. The summed E-state index contributed by atoms with van der Waals surface area (Å²) in [5.41, 5.74) is 11.8. The first kappa shape index (κ1) is 15.8. The van der Waals surface area contributed by atoms with Gasteiger partial charge in [0.25, 0.3) is 0 Å². The van der Waals surface area contributed by atoms with Crippen molar-refractivity contribution in [2.75, 3.05) is 0 Å². The van der Waals surface area contributed by atoms with Gasteiger partial charge in [0.05, 0.1) is 5.92 Å². The van der Waals surface area contributed by atoms with Gasteiger partial charge in [-0.3, -0.25) is 9.59 Å². The fourth-order valence-corrected chi connectivity index (χ4v) is 4.95. The zero-order valence-corrected chi connectivity index (χ0v) is 13.3. The van der Waals surface area contributed by atoms with Crippen LogP contribution in [0.15, 0.2) is 0 Å². The topological polar surface area (TPSA) is 98.2 Å². The minimum absolute atomic E-state index is 0.0609. The highest BCUT2D eigenvalue weighted by Crippen LogP contribution is 2.42. The Hall–Kier alpha value is -1.10. The Bertz CT molecular complexity index is 426.